The number of aryl methyl sites for hydroxylation is 2. The van der Waals surface area contributed by atoms with Crippen LogP contribution in [0.1, 0.15) is 115 Å². The van der Waals surface area contributed by atoms with Crippen LogP contribution in [0.15, 0.2) is 18.2 Å². The van der Waals surface area contributed by atoms with Gasteiger partial charge in [-0.25, -0.2) is 0 Å². The van der Waals surface area contributed by atoms with Crippen LogP contribution < -0.4 is 4.74 Å². The second kappa shape index (κ2) is 16.5. The van der Waals surface area contributed by atoms with Gasteiger partial charge in [-0.2, -0.15) is 8.42 Å². The molecule has 0 bridgehead atoms. The summed E-state index contributed by atoms with van der Waals surface area (Å²) >= 11 is 0. The van der Waals surface area contributed by atoms with Crippen molar-refractivity contribution in [3.05, 3.63) is 29.3 Å². The van der Waals surface area contributed by atoms with E-state index < -0.39 is 15.4 Å². The molecule has 31 heavy (non-hydrogen) atoms. The van der Waals surface area contributed by atoms with Crippen molar-refractivity contribution in [1.82, 2.24) is 0 Å². The predicted molar refractivity (Wildman–Crippen MR) is 132 cm³/mol. The van der Waals surface area contributed by atoms with Crippen LogP contribution in [0.25, 0.3) is 0 Å². The van der Waals surface area contributed by atoms with Gasteiger partial charge in [0.1, 0.15) is 5.75 Å². The Bertz CT molecular complexity index is 650. The van der Waals surface area contributed by atoms with Crippen molar-refractivity contribution in [1.29, 1.82) is 0 Å². The van der Waals surface area contributed by atoms with Gasteiger partial charge < -0.3 is 4.74 Å². The maximum Gasteiger partial charge on any atom is 0.267 e. The first-order chi connectivity index (χ1) is 14.9. The standard InChI is InChI=1S/C26H46O4S/c1-4-6-8-10-12-14-16-24-20-25(17-15-13-11-9-7-5-2)22-26(21-24)30-19-18-23(3)31(27,28)29/h20-23H,4-19H2,1-3H3,(H,27,28,29). The second-order valence-corrected chi connectivity index (χ2v) is 10.8. The van der Waals surface area contributed by atoms with Gasteiger partial charge in [-0.1, -0.05) is 84.1 Å². The molecule has 5 heteroatoms. The Morgan fingerprint density at radius 3 is 1.68 bits per heavy atom. The first-order valence-corrected chi connectivity index (χ1v) is 14.1. The van der Waals surface area contributed by atoms with Crippen molar-refractivity contribution in [2.24, 2.45) is 0 Å². The van der Waals surface area contributed by atoms with Gasteiger partial charge >= 0.3 is 0 Å². The Balaban J connectivity index is 2.61. The van der Waals surface area contributed by atoms with Crippen molar-refractivity contribution in [2.45, 2.75) is 122 Å². The molecular formula is C26H46O4S. The fourth-order valence-corrected chi connectivity index (χ4v) is 4.21. The van der Waals surface area contributed by atoms with Gasteiger partial charge in [0.05, 0.1) is 11.9 Å². The van der Waals surface area contributed by atoms with Gasteiger partial charge in [0.15, 0.2) is 0 Å². The van der Waals surface area contributed by atoms with E-state index in [1.54, 1.807) is 0 Å². The molecule has 180 valence electrons. The molecule has 0 aliphatic heterocycles. The molecule has 4 nitrogen and oxygen atoms in total. The lowest BCUT2D eigenvalue weighted by Gasteiger charge is -2.13. The second-order valence-electron chi connectivity index (χ2n) is 8.98. The van der Waals surface area contributed by atoms with Crippen LogP contribution in [-0.4, -0.2) is 24.8 Å². The Labute approximate surface area is 191 Å². The lowest BCUT2D eigenvalue weighted by Crippen LogP contribution is -2.19. The molecule has 0 aliphatic rings. The van der Waals surface area contributed by atoms with Crippen LogP contribution in [-0.2, 0) is 23.0 Å². The fraction of sp³-hybridized carbons (Fsp3) is 0.769. The summed E-state index contributed by atoms with van der Waals surface area (Å²) in [4.78, 5) is 0. The van der Waals surface area contributed by atoms with Gasteiger partial charge in [-0.15, -0.1) is 0 Å². The van der Waals surface area contributed by atoms with E-state index in [2.05, 4.69) is 32.0 Å². The molecule has 1 aromatic carbocycles. The molecule has 0 spiro atoms. The summed E-state index contributed by atoms with van der Waals surface area (Å²) in [6.07, 6.45) is 17.8. The SMILES string of the molecule is CCCCCCCCc1cc(CCCCCCCC)cc(OCCC(C)S(=O)(=O)O)c1. The van der Waals surface area contributed by atoms with E-state index in [4.69, 9.17) is 9.29 Å². The van der Waals surface area contributed by atoms with E-state index >= 15 is 0 Å². The smallest absolute Gasteiger partial charge is 0.267 e. The van der Waals surface area contributed by atoms with E-state index in [-0.39, 0.29) is 13.0 Å². The maximum absolute atomic E-state index is 11.2. The summed E-state index contributed by atoms with van der Waals surface area (Å²) in [5.41, 5.74) is 2.63. The van der Waals surface area contributed by atoms with Crippen LogP contribution >= 0.6 is 0 Å². The maximum atomic E-state index is 11.2. The fourth-order valence-electron chi connectivity index (χ4n) is 3.81. The molecule has 0 amide bonds. The van der Waals surface area contributed by atoms with Crippen molar-refractivity contribution < 1.29 is 17.7 Å². The number of benzene rings is 1. The summed E-state index contributed by atoms with van der Waals surface area (Å²) in [5, 5.41) is -0.804. The third kappa shape index (κ3) is 13.8. The molecule has 1 rings (SSSR count). The van der Waals surface area contributed by atoms with E-state index in [1.165, 1.54) is 95.1 Å². The zero-order valence-electron chi connectivity index (χ0n) is 20.2. The minimum atomic E-state index is -4.00. The van der Waals surface area contributed by atoms with Crippen molar-refractivity contribution in [3.63, 3.8) is 0 Å². The highest BCUT2D eigenvalue weighted by molar-refractivity contribution is 7.86. The minimum absolute atomic E-state index is 0.285. The minimum Gasteiger partial charge on any atom is -0.494 e. The molecule has 0 aliphatic carbocycles. The monoisotopic (exact) mass is 454 g/mol. The van der Waals surface area contributed by atoms with Gasteiger partial charge in [0.2, 0.25) is 0 Å². The Hall–Kier alpha value is -1.07. The normalized spacial score (nSPS) is 12.8. The average molecular weight is 455 g/mol. The van der Waals surface area contributed by atoms with Crippen LogP contribution in [0.2, 0.25) is 0 Å². The predicted octanol–water partition coefficient (Wildman–Crippen LogP) is 7.54. The van der Waals surface area contributed by atoms with E-state index in [9.17, 15) is 8.42 Å². The molecule has 0 saturated carbocycles. The van der Waals surface area contributed by atoms with Crippen LogP contribution in [0.3, 0.4) is 0 Å². The van der Waals surface area contributed by atoms with Crippen molar-refractivity contribution in [2.75, 3.05) is 6.61 Å². The molecule has 0 radical (unpaired) electrons. The highest BCUT2D eigenvalue weighted by Gasteiger charge is 2.17. The summed E-state index contributed by atoms with van der Waals surface area (Å²) in [6, 6.07) is 6.54. The zero-order valence-corrected chi connectivity index (χ0v) is 21.0. The Morgan fingerprint density at radius 1 is 0.774 bits per heavy atom. The van der Waals surface area contributed by atoms with E-state index in [0.29, 0.717) is 0 Å². The molecule has 1 unspecified atom stereocenters. The molecule has 0 saturated heterocycles. The number of unbranched alkanes of at least 4 members (excludes halogenated alkanes) is 10. The summed E-state index contributed by atoms with van der Waals surface area (Å²) in [6.45, 7) is 6.29. The number of rotatable bonds is 19. The van der Waals surface area contributed by atoms with Gasteiger partial charge in [-0.05, 0) is 55.9 Å². The molecule has 0 aromatic heterocycles. The lowest BCUT2D eigenvalue weighted by atomic mass is 9.99. The molecule has 1 atom stereocenters. The van der Waals surface area contributed by atoms with Crippen LogP contribution in [0.4, 0.5) is 0 Å². The van der Waals surface area contributed by atoms with E-state index in [0.717, 1.165) is 18.6 Å². The molecule has 1 aromatic rings. The Kier molecular flexibility index (Phi) is 14.9. The first kappa shape index (κ1) is 28.0. The van der Waals surface area contributed by atoms with E-state index in [1.807, 2.05) is 0 Å². The lowest BCUT2D eigenvalue weighted by molar-refractivity contribution is 0.306. The quantitative estimate of drug-likeness (QED) is 0.173. The third-order valence-electron chi connectivity index (χ3n) is 5.97. The number of hydrogen-bond acceptors (Lipinski definition) is 3. The number of hydrogen-bond donors (Lipinski definition) is 1. The van der Waals surface area contributed by atoms with Gasteiger partial charge in [0, 0.05) is 6.42 Å². The first-order valence-electron chi connectivity index (χ1n) is 12.6. The summed E-state index contributed by atoms with van der Waals surface area (Å²) in [7, 11) is -4.00. The molecular weight excluding hydrogens is 408 g/mol. The molecule has 0 heterocycles. The zero-order chi connectivity index (χ0) is 23.0. The highest BCUT2D eigenvalue weighted by atomic mass is 32.2. The topological polar surface area (TPSA) is 63.6 Å². The third-order valence-corrected chi connectivity index (χ3v) is 7.22. The Morgan fingerprint density at radius 2 is 1.23 bits per heavy atom. The molecule has 1 N–H and O–H groups in total. The average Bonchev–Trinajstić information content (AvgIpc) is 2.72. The number of ether oxygens (including phenoxy) is 1. The highest BCUT2D eigenvalue weighted by Crippen LogP contribution is 2.22. The summed E-state index contributed by atoms with van der Waals surface area (Å²) in [5.74, 6) is 0.826. The van der Waals surface area contributed by atoms with Crippen molar-refractivity contribution >= 4 is 10.1 Å². The summed E-state index contributed by atoms with van der Waals surface area (Å²) < 4.78 is 37.4. The van der Waals surface area contributed by atoms with Crippen LogP contribution in [0.5, 0.6) is 5.75 Å². The largest absolute Gasteiger partial charge is 0.494 e. The van der Waals surface area contributed by atoms with Crippen molar-refractivity contribution in [3.8, 4) is 5.75 Å². The van der Waals surface area contributed by atoms with Gasteiger partial charge in [0.25, 0.3) is 10.1 Å². The van der Waals surface area contributed by atoms with Crippen LogP contribution in [0, 0.1) is 0 Å². The van der Waals surface area contributed by atoms with Gasteiger partial charge in [-0.3, -0.25) is 4.55 Å². The molecule has 0 fully saturated rings.